The lowest BCUT2D eigenvalue weighted by molar-refractivity contribution is -0.144. The first-order valence-electron chi connectivity index (χ1n) is 14.9. The third-order valence-corrected chi connectivity index (χ3v) is 8.24. The van der Waals surface area contributed by atoms with E-state index in [0.717, 1.165) is 35.1 Å². The minimum atomic E-state index is -1.52. The number of hydrogen-bond donors (Lipinski definition) is 1. The zero-order valence-electron chi connectivity index (χ0n) is 25.1. The van der Waals surface area contributed by atoms with Gasteiger partial charge in [0.25, 0.3) is 0 Å². The molecule has 0 radical (unpaired) electrons. The molecule has 5 rings (SSSR count). The zero-order chi connectivity index (χ0) is 30.8. The van der Waals surface area contributed by atoms with Crippen molar-refractivity contribution in [2.24, 2.45) is 5.16 Å². The van der Waals surface area contributed by atoms with Gasteiger partial charge in [0.1, 0.15) is 18.3 Å². The Kier molecular flexibility index (Phi) is 9.24. The molecular formula is C33H39NO9. The summed E-state index contributed by atoms with van der Waals surface area (Å²) in [6.07, 6.45) is 1.97. The van der Waals surface area contributed by atoms with Crippen molar-refractivity contribution in [3.63, 3.8) is 0 Å². The first-order chi connectivity index (χ1) is 20.6. The smallest absolute Gasteiger partial charge is 0.335 e. The predicted molar refractivity (Wildman–Crippen MR) is 157 cm³/mol. The van der Waals surface area contributed by atoms with Crippen LogP contribution in [0.15, 0.2) is 41.6 Å². The van der Waals surface area contributed by atoms with Gasteiger partial charge in [0.05, 0.1) is 32.8 Å². The first kappa shape index (κ1) is 31.2. The average Bonchev–Trinajstić information content (AvgIpc) is 3.94. The molecule has 1 aliphatic carbocycles. The summed E-state index contributed by atoms with van der Waals surface area (Å²) in [5.41, 5.74) is 2.76. The number of aliphatic hydroxyl groups is 1. The number of nitrogens with zero attached hydrogens (tertiary/aromatic N) is 1. The molecule has 0 amide bonds. The highest BCUT2D eigenvalue weighted by atomic mass is 16.8. The highest BCUT2D eigenvalue weighted by molar-refractivity contribution is 6.46. The molecule has 2 heterocycles. The maximum atomic E-state index is 13.8. The summed E-state index contributed by atoms with van der Waals surface area (Å²) in [4.78, 5) is 44.1. The average molecular weight is 594 g/mol. The van der Waals surface area contributed by atoms with Crippen LogP contribution in [0.5, 0.6) is 0 Å². The van der Waals surface area contributed by atoms with Crippen molar-refractivity contribution in [3.8, 4) is 11.1 Å². The van der Waals surface area contributed by atoms with E-state index in [1.807, 2.05) is 18.2 Å². The van der Waals surface area contributed by atoms with Crippen molar-refractivity contribution in [3.05, 3.63) is 58.7 Å². The van der Waals surface area contributed by atoms with Crippen molar-refractivity contribution in [2.45, 2.75) is 76.8 Å². The number of hydrogen-bond acceptors (Lipinski definition) is 10. The zero-order valence-corrected chi connectivity index (χ0v) is 25.1. The molecule has 2 aromatic rings. The summed E-state index contributed by atoms with van der Waals surface area (Å²) in [5, 5.41) is 14.3. The summed E-state index contributed by atoms with van der Waals surface area (Å²) < 4.78 is 21.2. The lowest BCUT2D eigenvalue weighted by Crippen LogP contribution is -2.31. The largest absolute Gasteiger partial charge is 0.382 e. The molecule has 2 aliphatic heterocycles. The molecule has 2 atom stereocenters. The van der Waals surface area contributed by atoms with Gasteiger partial charge in [-0.25, -0.2) is 4.79 Å². The second-order valence-corrected chi connectivity index (χ2v) is 11.7. The van der Waals surface area contributed by atoms with E-state index < -0.39 is 17.4 Å². The van der Waals surface area contributed by atoms with Crippen molar-refractivity contribution >= 4 is 23.2 Å². The van der Waals surface area contributed by atoms with E-state index in [0.29, 0.717) is 44.0 Å². The molecule has 230 valence electrons. The van der Waals surface area contributed by atoms with Gasteiger partial charge in [-0.05, 0) is 67.5 Å². The van der Waals surface area contributed by atoms with Crippen LogP contribution in [-0.4, -0.2) is 79.4 Å². The van der Waals surface area contributed by atoms with Crippen LogP contribution in [0.25, 0.3) is 11.1 Å². The van der Waals surface area contributed by atoms with Gasteiger partial charge in [0.15, 0.2) is 17.8 Å². The lowest BCUT2D eigenvalue weighted by atomic mass is 9.73. The SMILES string of the molecule is CCC1(CC)c2ccc(C(=O)/C(COCC3CO3)=N/OC(=O)CCCOC3CO3)cc2-c2cc(C(=O)C(C)(C)O)ccc21. The molecule has 3 aliphatic rings. The van der Waals surface area contributed by atoms with Gasteiger partial charge < -0.3 is 28.9 Å². The molecule has 0 aromatic heterocycles. The Hall–Kier alpha value is -3.28. The fraction of sp³-hybridized carbons (Fsp3) is 0.515. The molecule has 0 spiro atoms. The second-order valence-electron chi connectivity index (χ2n) is 11.7. The normalized spacial score (nSPS) is 19.9. The lowest BCUT2D eigenvalue weighted by Gasteiger charge is -2.29. The van der Waals surface area contributed by atoms with Gasteiger partial charge in [0.2, 0.25) is 5.78 Å². The van der Waals surface area contributed by atoms with Crippen LogP contribution in [-0.2, 0) is 34.0 Å². The third-order valence-electron chi connectivity index (χ3n) is 8.24. The Bertz CT molecular complexity index is 1410. The molecule has 43 heavy (non-hydrogen) atoms. The van der Waals surface area contributed by atoms with Crippen molar-refractivity contribution in [2.75, 3.05) is 33.0 Å². The highest BCUT2D eigenvalue weighted by Crippen LogP contribution is 2.53. The Labute approximate surface area is 251 Å². The molecule has 2 unspecified atom stereocenters. The van der Waals surface area contributed by atoms with Crippen LogP contribution in [0, 0.1) is 0 Å². The van der Waals surface area contributed by atoms with E-state index >= 15 is 0 Å². The van der Waals surface area contributed by atoms with Gasteiger partial charge in [-0.15, -0.1) is 0 Å². The monoisotopic (exact) mass is 593 g/mol. The van der Waals surface area contributed by atoms with Crippen LogP contribution < -0.4 is 0 Å². The maximum Gasteiger partial charge on any atom is 0.335 e. The standard InChI is InChI=1S/C33H39NO9/c1-5-33(6-2)25-11-9-20(14-23(25)24-15-21(10-12-26(24)33)31(37)32(3,4)38)30(36)27(18-39-16-22-17-41-22)34-43-28(35)8-7-13-40-29-19-42-29/h9-12,14-15,22,29,38H,5-8,13,16-19H2,1-4H3/b34-27+. The van der Waals surface area contributed by atoms with E-state index in [-0.39, 0.29) is 42.3 Å². The van der Waals surface area contributed by atoms with Crippen LogP contribution in [0.2, 0.25) is 0 Å². The second kappa shape index (κ2) is 12.8. The number of carbonyl (C=O) groups is 3. The molecule has 0 saturated carbocycles. The third kappa shape index (κ3) is 6.94. The maximum absolute atomic E-state index is 13.8. The van der Waals surface area contributed by atoms with Crippen LogP contribution in [0.1, 0.15) is 85.2 Å². The number of benzene rings is 2. The summed E-state index contributed by atoms with van der Waals surface area (Å²) in [7, 11) is 0. The summed E-state index contributed by atoms with van der Waals surface area (Å²) in [6.45, 7) is 8.87. The minimum Gasteiger partial charge on any atom is -0.382 e. The van der Waals surface area contributed by atoms with Crippen LogP contribution in [0.4, 0.5) is 0 Å². The Morgan fingerprint density at radius 3 is 2.21 bits per heavy atom. The number of ketones is 2. The minimum absolute atomic E-state index is 0.0112. The molecule has 0 bridgehead atoms. The predicted octanol–water partition coefficient (Wildman–Crippen LogP) is 4.38. The fourth-order valence-corrected chi connectivity index (χ4v) is 5.63. The fourth-order valence-electron chi connectivity index (χ4n) is 5.63. The van der Waals surface area contributed by atoms with E-state index in [1.54, 1.807) is 18.2 Å². The number of epoxide rings is 2. The van der Waals surface area contributed by atoms with E-state index in [9.17, 15) is 19.5 Å². The Morgan fingerprint density at radius 1 is 1.00 bits per heavy atom. The molecule has 10 nitrogen and oxygen atoms in total. The van der Waals surface area contributed by atoms with Gasteiger partial charge in [-0.1, -0.05) is 43.3 Å². The number of oxime groups is 1. The molecule has 10 heteroatoms. The van der Waals surface area contributed by atoms with Gasteiger partial charge >= 0.3 is 5.97 Å². The van der Waals surface area contributed by atoms with Crippen LogP contribution >= 0.6 is 0 Å². The van der Waals surface area contributed by atoms with E-state index in [1.165, 1.54) is 13.8 Å². The van der Waals surface area contributed by atoms with Crippen molar-refractivity contribution in [1.29, 1.82) is 0 Å². The van der Waals surface area contributed by atoms with E-state index in [4.69, 9.17) is 23.8 Å². The topological polar surface area (TPSA) is 137 Å². The first-order valence-corrected chi connectivity index (χ1v) is 14.9. The number of fused-ring (bicyclic) bond motifs is 3. The van der Waals surface area contributed by atoms with Gasteiger partial charge in [-0.3, -0.25) is 9.59 Å². The Balaban J connectivity index is 1.41. The summed E-state index contributed by atoms with van der Waals surface area (Å²) >= 11 is 0. The van der Waals surface area contributed by atoms with Gasteiger partial charge in [0, 0.05) is 16.5 Å². The highest BCUT2D eigenvalue weighted by Gasteiger charge is 2.41. The van der Waals surface area contributed by atoms with E-state index in [2.05, 4.69) is 19.0 Å². The molecular weight excluding hydrogens is 554 g/mol. The molecule has 2 aromatic carbocycles. The van der Waals surface area contributed by atoms with Crippen molar-refractivity contribution < 1.29 is 43.3 Å². The number of rotatable bonds is 16. The summed E-state index contributed by atoms with van der Waals surface area (Å²) in [5.74, 6) is -1.40. The number of carbonyl (C=O) groups excluding carboxylic acids is 3. The number of Topliss-reactive ketones (excluding diaryl/α,β-unsaturated/α-hetero) is 2. The van der Waals surface area contributed by atoms with Crippen molar-refractivity contribution in [1.82, 2.24) is 0 Å². The number of ether oxygens (including phenoxy) is 4. The van der Waals surface area contributed by atoms with Crippen LogP contribution in [0.3, 0.4) is 0 Å². The van der Waals surface area contributed by atoms with Gasteiger partial charge in [-0.2, -0.15) is 0 Å². The molecule has 2 fully saturated rings. The quantitative estimate of drug-likeness (QED) is 0.0751. The molecule has 1 N–H and O–H groups in total. The Morgan fingerprint density at radius 2 is 1.63 bits per heavy atom. The summed E-state index contributed by atoms with van der Waals surface area (Å²) in [6, 6.07) is 11.1. The molecule has 2 saturated heterocycles.